The minimum Gasteiger partial charge on any atom is -0.448 e. The summed E-state index contributed by atoms with van der Waals surface area (Å²) >= 11 is 0. The molecule has 0 spiro atoms. The zero-order valence-electron chi connectivity index (χ0n) is 21.2. The Hall–Kier alpha value is -5.01. The first-order valence-corrected chi connectivity index (χ1v) is 12.0. The van der Waals surface area contributed by atoms with Gasteiger partial charge in [-0.2, -0.15) is 13.2 Å². The maximum absolute atomic E-state index is 14.1. The number of carbonyl (C=O) groups is 4. The third kappa shape index (κ3) is 9.91. The van der Waals surface area contributed by atoms with Gasteiger partial charge >= 0.3 is 24.2 Å². The van der Waals surface area contributed by atoms with Crippen LogP contribution in [0.2, 0.25) is 0 Å². The molecule has 0 radical (unpaired) electrons. The van der Waals surface area contributed by atoms with Gasteiger partial charge in [-0.25, -0.2) is 19.0 Å². The highest BCUT2D eigenvalue weighted by Gasteiger charge is 2.42. The van der Waals surface area contributed by atoms with Crippen LogP contribution in [0.3, 0.4) is 0 Å². The fraction of sp³-hybridized carbons (Fsp3) is 0.222. The molecule has 1 unspecified atom stereocenters. The van der Waals surface area contributed by atoms with Gasteiger partial charge in [0.15, 0.2) is 0 Å². The molecule has 216 valence electrons. The lowest BCUT2D eigenvalue weighted by Gasteiger charge is -2.19. The molecule has 41 heavy (non-hydrogen) atoms. The number of alkyl carbamates (subject to hydrolysis) is 1. The van der Waals surface area contributed by atoms with Gasteiger partial charge in [0, 0.05) is 11.8 Å². The monoisotopic (exact) mass is 576 g/mol. The third-order valence-corrected chi connectivity index (χ3v) is 5.34. The lowest BCUT2D eigenvalue weighted by molar-refractivity contribution is -0.202. The van der Waals surface area contributed by atoms with Crippen LogP contribution in [0, 0.1) is 5.82 Å². The van der Waals surface area contributed by atoms with Crippen molar-refractivity contribution in [3.63, 3.8) is 0 Å². The van der Waals surface area contributed by atoms with Crippen molar-refractivity contribution >= 4 is 29.8 Å². The molecule has 1 heterocycles. The van der Waals surface area contributed by atoms with Gasteiger partial charge < -0.3 is 25.4 Å². The molecule has 0 saturated heterocycles. The molecule has 0 saturated carbocycles. The number of rotatable bonds is 11. The smallest absolute Gasteiger partial charge is 0.448 e. The maximum atomic E-state index is 14.1. The van der Waals surface area contributed by atoms with Crippen molar-refractivity contribution in [2.75, 3.05) is 25.0 Å². The summed E-state index contributed by atoms with van der Waals surface area (Å²) in [6.45, 7) is -0.423. The van der Waals surface area contributed by atoms with Gasteiger partial charge in [-0.1, -0.05) is 48.5 Å². The zero-order chi connectivity index (χ0) is 29.8. The van der Waals surface area contributed by atoms with Gasteiger partial charge in [-0.05, 0) is 29.3 Å². The van der Waals surface area contributed by atoms with Crippen LogP contribution in [-0.4, -0.2) is 54.8 Å². The van der Waals surface area contributed by atoms with Gasteiger partial charge in [0.05, 0.1) is 19.0 Å². The average Bonchev–Trinajstić information content (AvgIpc) is 2.94. The normalized spacial score (nSPS) is 11.6. The van der Waals surface area contributed by atoms with E-state index < -0.39 is 54.9 Å². The van der Waals surface area contributed by atoms with Crippen LogP contribution in [0.4, 0.5) is 28.2 Å². The number of ether oxygens (including phenoxy) is 2. The number of aromatic nitrogens is 1. The molecule has 2 amide bonds. The molecule has 0 aliphatic carbocycles. The first-order valence-electron chi connectivity index (χ1n) is 12.0. The molecule has 3 N–H and O–H groups in total. The summed E-state index contributed by atoms with van der Waals surface area (Å²) in [5.41, 5.74) is 0.958. The Labute approximate surface area is 231 Å². The molecular weight excluding hydrogens is 552 g/mol. The molecular formula is C27H24F4N4O6. The van der Waals surface area contributed by atoms with E-state index in [1.165, 1.54) is 42.5 Å². The van der Waals surface area contributed by atoms with Gasteiger partial charge in [-0.3, -0.25) is 9.59 Å². The number of amides is 2. The summed E-state index contributed by atoms with van der Waals surface area (Å²) in [5.74, 6) is -5.01. The quantitative estimate of drug-likeness (QED) is 0.135. The number of halogens is 4. The Morgan fingerprint density at radius 3 is 2.29 bits per heavy atom. The number of anilines is 1. The lowest BCUT2D eigenvalue weighted by atomic mass is 9.98. The Morgan fingerprint density at radius 1 is 0.927 bits per heavy atom. The van der Waals surface area contributed by atoms with Crippen LogP contribution in [-0.2, 0) is 23.9 Å². The van der Waals surface area contributed by atoms with E-state index in [0.29, 0.717) is 11.4 Å². The van der Waals surface area contributed by atoms with Gasteiger partial charge in [0.2, 0.25) is 5.91 Å². The maximum Gasteiger partial charge on any atom is 0.491 e. The highest BCUT2D eigenvalue weighted by atomic mass is 19.4. The number of alkyl halides is 3. The lowest BCUT2D eigenvalue weighted by Crippen LogP contribution is -2.40. The van der Waals surface area contributed by atoms with E-state index in [4.69, 9.17) is 4.74 Å². The Bertz CT molecular complexity index is 1350. The third-order valence-electron chi connectivity index (χ3n) is 5.34. The minimum absolute atomic E-state index is 0.0555. The highest BCUT2D eigenvalue weighted by Crippen LogP contribution is 2.26. The molecule has 2 aromatic carbocycles. The van der Waals surface area contributed by atoms with Gasteiger partial charge in [-0.15, -0.1) is 0 Å². The van der Waals surface area contributed by atoms with Gasteiger partial charge in [0.1, 0.15) is 24.8 Å². The van der Waals surface area contributed by atoms with E-state index in [0.717, 1.165) is 0 Å². The molecule has 14 heteroatoms. The molecule has 10 nitrogen and oxygen atoms in total. The highest BCUT2D eigenvalue weighted by molar-refractivity contribution is 5.89. The number of hydrogen-bond acceptors (Lipinski definition) is 8. The predicted octanol–water partition coefficient (Wildman–Crippen LogP) is 3.91. The molecule has 0 fully saturated rings. The molecule has 3 aromatic rings. The largest absolute Gasteiger partial charge is 0.491 e. The van der Waals surface area contributed by atoms with E-state index in [9.17, 15) is 36.7 Å². The summed E-state index contributed by atoms with van der Waals surface area (Å²) in [6, 6.07) is 15.7. The minimum atomic E-state index is -5.40. The predicted molar refractivity (Wildman–Crippen MR) is 137 cm³/mol. The van der Waals surface area contributed by atoms with Crippen molar-refractivity contribution in [2.24, 2.45) is 0 Å². The Morgan fingerprint density at radius 2 is 1.63 bits per heavy atom. The number of hydrogen-bond donors (Lipinski definition) is 3. The van der Waals surface area contributed by atoms with Crippen LogP contribution >= 0.6 is 0 Å². The fourth-order valence-electron chi connectivity index (χ4n) is 3.45. The van der Waals surface area contributed by atoms with Crippen molar-refractivity contribution < 1.29 is 46.2 Å². The Balaban J connectivity index is 1.59. The summed E-state index contributed by atoms with van der Waals surface area (Å²) in [7, 11) is 0. The molecule has 3 rings (SSSR count). The second kappa shape index (κ2) is 14.4. The fourth-order valence-corrected chi connectivity index (χ4v) is 3.45. The summed E-state index contributed by atoms with van der Waals surface area (Å²) < 4.78 is 60.4. The number of nitrogens with one attached hydrogen (secondary N) is 3. The van der Waals surface area contributed by atoms with E-state index in [2.05, 4.69) is 25.7 Å². The molecule has 1 atom stereocenters. The van der Waals surface area contributed by atoms with Crippen LogP contribution in [0.5, 0.6) is 0 Å². The second-order valence-corrected chi connectivity index (χ2v) is 8.32. The molecule has 1 aromatic heterocycles. The van der Waals surface area contributed by atoms with Crippen LogP contribution < -0.4 is 16.0 Å². The number of carbonyl (C=O) groups excluding carboxylic acids is 4. The summed E-state index contributed by atoms with van der Waals surface area (Å²) in [6.07, 6.45) is -5.60. The van der Waals surface area contributed by atoms with Crippen LogP contribution in [0.25, 0.3) is 11.1 Å². The first-order chi connectivity index (χ1) is 19.5. The number of benzene rings is 2. The second-order valence-electron chi connectivity index (χ2n) is 8.32. The van der Waals surface area contributed by atoms with Crippen molar-refractivity contribution in [2.45, 2.75) is 18.6 Å². The number of esters is 2. The van der Waals surface area contributed by atoms with Gasteiger partial charge in [0.25, 0.3) is 0 Å². The van der Waals surface area contributed by atoms with E-state index in [-0.39, 0.29) is 24.3 Å². The number of nitrogens with zero attached hydrogens (tertiary/aromatic N) is 1. The Kier molecular flexibility index (Phi) is 10.7. The summed E-state index contributed by atoms with van der Waals surface area (Å²) in [5, 5.41) is 7.51. The topological polar surface area (TPSA) is 136 Å². The van der Waals surface area contributed by atoms with Crippen molar-refractivity contribution in [3.8, 4) is 11.1 Å². The van der Waals surface area contributed by atoms with E-state index >= 15 is 0 Å². The van der Waals surface area contributed by atoms with E-state index in [1.807, 2.05) is 0 Å². The zero-order valence-corrected chi connectivity index (χ0v) is 21.2. The standard InChI is InChI=1S/C27H24F4N4O6/c28-20-6-2-1-5-19(20)17-8-10-18(11-9-17)21(15-24(37)41-25(38)27(29,30)31)35-23(36)16-34-26(39)40-14-13-33-22-7-3-4-12-32-22/h1-12,21H,13-16H2,(H,32,33)(H,34,39)(H,35,36). The number of pyridine rings is 1. The molecule has 0 aliphatic heterocycles. The van der Waals surface area contributed by atoms with Crippen molar-refractivity contribution in [1.82, 2.24) is 15.6 Å². The van der Waals surface area contributed by atoms with Crippen LogP contribution in [0.1, 0.15) is 18.0 Å². The molecule has 0 bridgehead atoms. The van der Waals surface area contributed by atoms with Crippen LogP contribution in [0.15, 0.2) is 72.9 Å². The first kappa shape index (κ1) is 30.5. The van der Waals surface area contributed by atoms with Crippen molar-refractivity contribution in [1.29, 1.82) is 0 Å². The SMILES string of the molecule is O=C(CNC(=O)OCCNc1ccccn1)NC(CC(=O)OC(=O)C(F)(F)F)c1ccc(-c2ccccc2F)cc1. The van der Waals surface area contributed by atoms with E-state index in [1.54, 1.807) is 30.5 Å². The molecule has 0 aliphatic rings. The summed E-state index contributed by atoms with van der Waals surface area (Å²) in [4.78, 5) is 51.6. The average molecular weight is 577 g/mol. The van der Waals surface area contributed by atoms with Crippen molar-refractivity contribution in [3.05, 3.63) is 84.3 Å².